The van der Waals surface area contributed by atoms with Crippen LogP contribution in [0, 0.1) is 11.3 Å². The molecule has 0 spiro atoms. The number of nitrogens with one attached hydrogen (secondary N) is 1. The van der Waals surface area contributed by atoms with Gasteiger partial charge in [0, 0.05) is 45.0 Å². The lowest BCUT2D eigenvalue weighted by molar-refractivity contribution is 0.661. The van der Waals surface area contributed by atoms with Gasteiger partial charge < -0.3 is 14.5 Å². The van der Waals surface area contributed by atoms with Crippen LogP contribution in [-0.4, -0.2) is 15.7 Å². The van der Waals surface area contributed by atoms with Gasteiger partial charge in [0.15, 0.2) is 0 Å². The summed E-state index contributed by atoms with van der Waals surface area (Å²) in [5.41, 5.74) is 18.7. The first-order valence-electron chi connectivity index (χ1n) is 22.2. The van der Waals surface area contributed by atoms with Crippen molar-refractivity contribution in [2.24, 2.45) is 0 Å². The summed E-state index contributed by atoms with van der Waals surface area (Å²) in [4.78, 5) is 0. The van der Waals surface area contributed by atoms with Crippen molar-refractivity contribution in [3.63, 3.8) is 0 Å². The zero-order valence-electron chi connectivity index (χ0n) is 35.6. The van der Waals surface area contributed by atoms with Crippen LogP contribution in [0.15, 0.2) is 158 Å². The third kappa shape index (κ3) is 4.47. The molecule has 11 aromatic rings. The second-order valence-electron chi connectivity index (χ2n) is 19.2. The lowest BCUT2D eigenvalue weighted by Gasteiger charge is -2.23. The minimum Gasteiger partial charge on any atom is -0.309 e. The highest BCUT2D eigenvalue weighted by atomic mass is 15.1. The van der Waals surface area contributed by atoms with Crippen LogP contribution in [0.25, 0.3) is 98.8 Å². The van der Waals surface area contributed by atoms with E-state index in [4.69, 9.17) is 0 Å². The van der Waals surface area contributed by atoms with Crippen LogP contribution in [0.2, 0.25) is 0 Å². The molecular formula is C59H42N4. The predicted octanol–water partition coefficient (Wildman–Crippen LogP) is 14.3. The molecule has 4 heteroatoms. The largest absolute Gasteiger partial charge is 0.309 e. The number of fused-ring (bicyclic) bond motifs is 16. The Morgan fingerprint density at radius 2 is 0.937 bits per heavy atom. The smallest absolute Gasteiger partial charge is 0.101 e. The van der Waals surface area contributed by atoms with Crippen LogP contribution in [0.5, 0.6) is 0 Å². The average molecular weight is 807 g/mol. The predicted molar refractivity (Wildman–Crippen MR) is 261 cm³/mol. The Labute approximate surface area is 365 Å². The molecule has 1 saturated heterocycles. The van der Waals surface area contributed by atoms with E-state index in [1.165, 1.54) is 98.7 Å². The van der Waals surface area contributed by atoms with Crippen molar-refractivity contribution in [3.8, 4) is 39.7 Å². The summed E-state index contributed by atoms with van der Waals surface area (Å²) in [5.74, 6) is 0. The number of nitriles is 1. The van der Waals surface area contributed by atoms with Crippen molar-refractivity contribution in [3.05, 3.63) is 191 Å². The van der Waals surface area contributed by atoms with Gasteiger partial charge in [0.25, 0.3) is 0 Å². The quantitative estimate of drug-likeness (QED) is 0.181. The van der Waals surface area contributed by atoms with Gasteiger partial charge >= 0.3 is 0 Å². The molecule has 3 heterocycles. The molecule has 0 radical (unpaired) electrons. The van der Waals surface area contributed by atoms with E-state index >= 15 is 0 Å². The van der Waals surface area contributed by atoms with Crippen molar-refractivity contribution in [1.29, 1.82) is 5.26 Å². The van der Waals surface area contributed by atoms with Crippen molar-refractivity contribution in [2.45, 2.75) is 44.6 Å². The van der Waals surface area contributed by atoms with Crippen molar-refractivity contribution in [2.75, 3.05) is 6.54 Å². The van der Waals surface area contributed by atoms with Crippen molar-refractivity contribution < 1.29 is 0 Å². The highest BCUT2D eigenvalue weighted by Gasteiger charge is 2.40. The zero-order valence-corrected chi connectivity index (χ0v) is 35.6. The van der Waals surface area contributed by atoms with Crippen molar-refractivity contribution >= 4 is 65.2 Å². The Hall–Kier alpha value is -7.45. The highest BCUT2D eigenvalue weighted by molar-refractivity contribution is 6.15. The van der Waals surface area contributed by atoms with Gasteiger partial charge in [-0.15, -0.1) is 0 Å². The van der Waals surface area contributed by atoms with Gasteiger partial charge in [0.1, 0.15) is 6.07 Å². The molecule has 3 aliphatic rings. The lowest BCUT2D eigenvalue weighted by Crippen LogP contribution is -2.15. The molecule has 0 amide bonds. The van der Waals surface area contributed by atoms with Gasteiger partial charge in [0.2, 0.25) is 0 Å². The van der Waals surface area contributed by atoms with Gasteiger partial charge in [0.05, 0.1) is 39.0 Å². The number of hydrogen-bond acceptors (Lipinski definition) is 2. The van der Waals surface area contributed by atoms with E-state index in [2.05, 4.69) is 206 Å². The normalized spacial score (nSPS) is 16.5. The third-order valence-electron chi connectivity index (χ3n) is 15.2. The van der Waals surface area contributed by atoms with Gasteiger partial charge in [-0.3, -0.25) is 0 Å². The molecule has 1 fully saturated rings. The summed E-state index contributed by atoms with van der Waals surface area (Å²) in [6.45, 7) is 10.4. The molecule has 0 bridgehead atoms. The molecule has 1 N–H and O–H groups in total. The standard InChI is InChI=1S/C59H42N4/c1-58(2)45-23-21-33-13-5-7-15-36(33)56(45)42-26-40-38-17-9-11-19-50(38)62(54(40)29-47(42)58)52-28-44(49-32-61-49)53(25-35(52)31-60)63-51-20-12-10-18-39(51)41-27-43-48(30-55(41)63)59(3,4)46-24-22-34-14-6-8-16-37(34)57(43)46/h5-30,49,61H,32H2,1-4H3. The highest BCUT2D eigenvalue weighted by Crippen LogP contribution is 2.55. The van der Waals surface area contributed by atoms with Gasteiger partial charge in [-0.25, -0.2) is 0 Å². The van der Waals surface area contributed by atoms with Crippen LogP contribution >= 0.6 is 0 Å². The molecule has 0 saturated carbocycles. The Kier molecular flexibility index (Phi) is 6.66. The van der Waals surface area contributed by atoms with Crippen LogP contribution in [0.3, 0.4) is 0 Å². The molecule has 63 heavy (non-hydrogen) atoms. The maximum absolute atomic E-state index is 11.3. The zero-order chi connectivity index (χ0) is 42.1. The fourth-order valence-corrected chi connectivity index (χ4v) is 12.1. The molecule has 4 nitrogen and oxygen atoms in total. The monoisotopic (exact) mass is 806 g/mol. The number of nitrogens with zero attached hydrogens (tertiary/aromatic N) is 3. The second-order valence-corrected chi connectivity index (χ2v) is 19.2. The molecule has 298 valence electrons. The summed E-state index contributed by atoms with van der Waals surface area (Å²) in [6, 6.07) is 61.5. The van der Waals surface area contributed by atoms with Crippen molar-refractivity contribution in [1.82, 2.24) is 14.5 Å². The SMILES string of the molecule is CC1(C)c2cc3c(cc2-c2c1ccc1ccccc21)c1ccccc1n3-c1cc(C2CN2)c(-n2c3ccccc3c3cc4c(cc32)C(C)(C)c2ccc3ccccc3c2-4)cc1C#N. The fourth-order valence-electron chi connectivity index (χ4n) is 12.1. The molecular weight excluding hydrogens is 765 g/mol. The van der Waals surface area contributed by atoms with E-state index in [0.717, 1.165) is 34.5 Å². The number of aromatic nitrogens is 2. The number of hydrogen-bond donors (Lipinski definition) is 1. The van der Waals surface area contributed by atoms with Crippen LogP contribution < -0.4 is 5.32 Å². The molecule has 1 atom stereocenters. The minimum absolute atomic E-state index is 0.170. The van der Waals surface area contributed by atoms with E-state index in [1.54, 1.807) is 0 Å². The summed E-state index contributed by atoms with van der Waals surface area (Å²) < 4.78 is 4.82. The van der Waals surface area contributed by atoms with Gasteiger partial charge in [-0.05, 0) is 120 Å². The first kappa shape index (κ1) is 35.2. The topological polar surface area (TPSA) is 55.6 Å². The first-order valence-corrected chi connectivity index (χ1v) is 22.2. The third-order valence-corrected chi connectivity index (χ3v) is 15.2. The number of rotatable bonds is 3. The summed E-state index contributed by atoms with van der Waals surface area (Å²) in [6.07, 6.45) is 0. The Morgan fingerprint density at radius 3 is 1.43 bits per heavy atom. The second kappa shape index (κ2) is 11.9. The van der Waals surface area contributed by atoms with E-state index in [1.807, 2.05) is 0 Å². The van der Waals surface area contributed by atoms with E-state index in [-0.39, 0.29) is 16.9 Å². The Morgan fingerprint density at radius 1 is 0.476 bits per heavy atom. The molecule has 2 aliphatic carbocycles. The molecule has 9 aromatic carbocycles. The maximum Gasteiger partial charge on any atom is 0.101 e. The number of benzene rings is 9. The van der Waals surface area contributed by atoms with Crippen LogP contribution in [0.4, 0.5) is 0 Å². The van der Waals surface area contributed by atoms with Gasteiger partial charge in [-0.1, -0.05) is 137 Å². The van der Waals surface area contributed by atoms with E-state index < -0.39 is 0 Å². The number of para-hydroxylation sites is 2. The Bertz CT molecular complexity index is 3940. The molecule has 1 unspecified atom stereocenters. The van der Waals surface area contributed by atoms with E-state index in [0.29, 0.717) is 5.56 Å². The summed E-state index contributed by atoms with van der Waals surface area (Å²) in [7, 11) is 0. The molecule has 14 rings (SSSR count). The average Bonchev–Trinajstić information content (AvgIpc) is 3.93. The lowest BCUT2D eigenvalue weighted by atomic mass is 9.82. The van der Waals surface area contributed by atoms with Gasteiger partial charge in [-0.2, -0.15) is 5.26 Å². The molecule has 1 aliphatic heterocycles. The molecule has 2 aromatic heterocycles. The Balaban J connectivity index is 1.03. The summed E-state index contributed by atoms with van der Waals surface area (Å²) >= 11 is 0. The van der Waals surface area contributed by atoms with Crippen LogP contribution in [0.1, 0.15) is 67.1 Å². The first-order chi connectivity index (χ1) is 30.7. The minimum atomic E-state index is -0.199. The van der Waals surface area contributed by atoms with E-state index in [9.17, 15) is 5.26 Å². The summed E-state index contributed by atoms with van der Waals surface area (Å²) in [5, 5.41) is 24.9. The fraction of sp³-hybridized carbons (Fsp3) is 0.136. The maximum atomic E-state index is 11.3. The van der Waals surface area contributed by atoms with Crippen LogP contribution in [-0.2, 0) is 10.8 Å².